The van der Waals surface area contributed by atoms with Crippen LogP contribution in [-0.2, 0) is 0 Å². The van der Waals surface area contributed by atoms with Crippen molar-refractivity contribution in [2.75, 3.05) is 18.4 Å². The molecule has 132 valence electrons. The maximum absolute atomic E-state index is 9.26. The van der Waals surface area contributed by atoms with Gasteiger partial charge in [-0.1, -0.05) is 12.1 Å². The van der Waals surface area contributed by atoms with Crippen LogP contribution in [0.2, 0.25) is 0 Å². The van der Waals surface area contributed by atoms with E-state index in [0.717, 1.165) is 53.2 Å². The van der Waals surface area contributed by atoms with E-state index in [1.54, 1.807) is 0 Å². The van der Waals surface area contributed by atoms with Crippen molar-refractivity contribution in [2.24, 2.45) is 0 Å². The minimum Gasteiger partial charge on any atom is -0.365 e. The highest BCUT2D eigenvalue weighted by Crippen LogP contribution is 2.29. The first-order valence-electron chi connectivity index (χ1n) is 8.67. The second-order valence-electron chi connectivity index (χ2n) is 6.58. The summed E-state index contributed by atoms with van der Waals surface area (Å²) in [6, 6.07) is 8.34. The Balaban J connectivity index is 1.63. The van der Waals surface area contributed by atoms with Crippen LogP contribution in [0.4, 0.5) is 5.82 Å². The van der Waals surface area contributed by atoms with Crippen LogP contribution in [-0.4, -0.2) is 37.2 Å². The van der Waals surface area contributed by atoms with Crippen LogP contribution >= 0.6 is 22.9 Å². The molecular formula is C19H19IN6. The van der Waals surface area contributed by atoms with E-state index >= 15 is 0 Å². The predicted molar refractivity (Wildman–Crippen MR) is 111 cm³/mol. The van der Waals surface area contributed by atoms with E-state index in [1.807, 2.05) is 37.5 Å². The van der Waals surface area contributed by atoms with Gasteiger partial charge in [-0.25, -0.2) is 13.1 Å². The Morgan fingerprint density at radius 3 is 3.08 bits per heavy atom. The van der Waals surface area contributed by atoms with Crippen LogP contribution < -0.4 is 5.32 Å². The third-order valence-corrected chi connectivity index (χ3v) is 5.65. The Kier molecular flexibility index (Phi) is 4.78. The summed E-state index contributed by atoms with van der Waals surface area (Å²) < 4.78 is 2.31. The predicted octanol–water partition coefficient (Wildman–Crippen LogP) is 4.03. The van der Waals surface area contributed by atoms with E-state index in [9.17, 15) is 5.26 Å². The molecule has 0 radical (unpaired) electrons. The number of piperidine rings is 1. The molecule has 0 bridgehead atoms. The Labute approximate surface area is 166 Å². The molecule has 1 saturated heterocycles. The van der Waals surface area contributed by atoms with Gasteiger partial charge < -0.3 is 10.3 Å². The molecule has 3 heterocycles. The average Bonchev–Trinajstić information content (AvgIpc) is 3.07. The standard InChI is InChI=1S/C19H19IN6/c1-12-19(25-14-5-3-7-26(20)11-14)23-10-17(24-12)16-9-22-18-13(8-21)4-2-6-15(16)18/h2,4,6,9-10,14,22H,3,5,7,11H2,1H3,(H,23,25). The van der Waals surface area contributed by atoms with E-state index in [0.29, 0.717) is 11.6 Å². The number of aromatic amines is 1. The molecule has 0 spiro atoms. The first-order chi connectivity index (χ1) is 12.7. The molecule has 1 aromatic carbocycles. The number of aryl methyl sites for hydroxylation is 1. The number of benzene rings is 1. The van der Waals surface area contributed by atoms with E-state index in [-0.39, 0.29) is 0 Å². The third kappa shape index (κ3) is 3.27. The Bertz CT molecular complexity index is 989. The normalized spacial score (nSPS) is 18.0. The summed E-state index contributed by atoms with van der Waals surface area (Å²) in [7, 11) is 0. The smallest absolute Gasteiger partial charge is 0.147 e. The SMILES string of the molecule is Cc1nc(-c2c[nH]c3c(C#N)cccc23)cnc1NC1CCCN(I)C1. The molecular weight excluding hydrogens is 439 g/mol. The first kappa shape index (κ1) is 17.2. The van der Waals surface area contributed by atoms with Gasteiger partial charge in [0.2, 0.25) is 0 Å². The van der Waals surface area contributed by atoms with Gasteiger partial charge in [0, 0.05) is 59.1 Å². The van der Waals surface area contributed by atoms with Crippen molar-refractivity contribution >= 4 is 39.6 Å². The zero-order chi connectivity index (χ0) is 18.1. The molecule has 2 N–H and O–H groups in total. The minimum absolute atomic E-state index is 0.408. The molecule has 4 rings (SSSR count). The molecule has 3 aromatic rings. The number of nitrogens with zero attached hydrogens (tertiary/aromatic N) is 4. The fraction of sp³-hybridized carbons (Fsp3) is 0.316. The van der Waals surface area contributed by atoms with Crippen LogP contribution in [0.25, 0.3) is 22.2 Å². The van der Waals surface area contributed by atoms with Gasteiger partial charge >= 0.3 is 0 Å². The number of fused-ring (bicyclic) bond motifs is 1. The van der Waals surface area contributed by atoms with Gasteiger partial charge in [-0.3, -0.25) is 0 Å². The highest BCUT2D eigenvalue weighted by Gasteiger charge is 2.19. The summed E-state index contributed by atoms with van der Waals surface area (Å²) >= 11 is 2.38. The number of H-pyrrole nitrogens is 1. The molecule has 0 amide bonds. The number of nitriles is 1. The third-order valence-electron chi connectivity index (χ3n) is 4.77. The lowest BCUT2D eigenvalue weighted by atomic mass is 10.1. The molecule has 0 saturated carbocycles. The number of rotatable bonds is 3. The van der Waals surface area contributed by atoms with E-state index < -0.39 is 0 Å². The fourth-order valence-electron chi connectivity index (χ4n) is 3.45. The molecule has 1 fully saturated rings. The summed E-state index contributed by atoms with van der Waals surface area (Å²) in [6.45, 7) is 4.15. The lowest BCUT2D eigenvalue weighted by Crippen LogP contribution is -2.37. The molecule has 0 aliphatic carbocycles. The summed E-state index contributed by atoms with van der Waals surface area (Å²) in [5.74, 6) is 0.850. The average molecular weight is 458 g/mol. The van der Waals surface area contributed by atoms with Crippen molar-refractivity contribution in [1.29, 1.82) is 5.26 Å². The van der Waals surface area contributed by atoms with Crippen molar-refractivity contribution in [3.8, 4) is 17.3 Å². The summed E-state index contributed by atoms with van der Waals surface area (Å²) in [5.41, 5.74) is 4.15. The largest absolute Gasteiger partial charge is 0.365 e. The summed E-state index contributed by atoms with van der Waals surface area (Å²) in [6.07, 6.45) is 6.06. The zero-order valence-corrected chi connectivity index (χ0v) is 16.6. The van der Waals surface area contributed by atoms with Crippen molar-refractivity contribution in [3.63, 3.8) is 0 Å². The molecule has 1 aliphatic heterocycles. The van der Waals surface area contributed by atoms with Crippen LogP contribution in [0, 0.1) is 18.3 Å². The quantitative estimate of drug-likeness (QED) is 0.458. The molecule has 1 atom stereocenters. The maximum Gasteiger partial charge on any atom is 0.147 e. The monoisotopic (exact) mass is 458 g/mol. The van der Waals surface area contributed by atoms with Crippen LogP contribution in [0.3, 0.4) is 0 Å². The van der Waals surface area contributed by atoms with E-state index in [4.69, 9.17) is 4.98 Å². The molecule has 7 heteroatoms. The molecule has 26 heavy (non-hydrogen) atoms. The van der Waals surface area contributed by atoms with Crippen LogP contribution in [0.1, 0.15) is 24.1 Å². The molecule has 1 unspecified atom stereocenters. The Morgan fingerprint density at radius 1 is 1.42 bits per heavy atom. The Hall–Kier alpha value is -2.18. The van der Waals surface area contributed by atoms with Crippen molar-refractivity contribution in [1.82, 2.24) is 18.1 Å². The van der Waals surface area contributed by atoms with Crippen molar-refractivity contribution in [2.45, 2.75) is 25.8 Å². The summed E-state index contributed by atoms with van der Waals surface area (Å²) in [4.78, 5) is 12.6. The van der Waals surface area contributed by atoms with E-state index in [2.05, 4.69) is 47.3 Å². The lowest BCUT2D eigenvalue weighted by molar-refractivity contribution is 0.379. The second kappa shape index (κ2) is 7.21. The molecule has 2 aromatic heterocycles. The van der Waals surface area contributed by atoms with Gasteiger partial charge in [0.15, 0.2) is 0 Å². The van der Waals surface area contributed by atoms with Crippen LogP contribution in [0.5, 0.6) is 0 Å². The fourth-order valence-corrected chi connectivity index (χ4v) is 4.27. The van der Waals surface area contributed by atoms with E-state index in [1.165, 1.54) is 6.42 Å². The van der Waals surface area contributed by atoms with Crippen molar-refractivity contribution in [3.05, 3.63) is 41.9 Å². The minimum atomic E-state index is 0.408. The second-order valence-corrected chi connectivity index (χ2v) is 7.95. The van der Waals surface area contributed by atoms with Crippen LogP contribution in [0.15, 0.2) is 30.6 Å². The number of hydrogen-bond donors (Lipinski definition) is 2. The number of anilines is 1. The van der Waals surface area contributed by atoms with Crippen molar-refractivity contribution < 1.29 is 0 Å². The van der Waals surface area contributed by atoms with Gasteiger partial charge in [0.05, 0.1) is 28.7 Å². The lowest BCUT2D eigenvalue weighted by Gasteiger charge is -2.29. The van der Waals surface area contributed by atoms with Gasteiger partial charge in [-0.2, -0.15) is 5.26 Å². The van der Waals surface area contributed by atoms with Gasteiger partial charge in [0.25, 0.3) is 0 Å². The Morgan fingerprint density at radius 2 is 2.31 bits per heavy atom. The number of halogens is 1. The molecule has 6 nitrogen and oxygen atoms in total. The maximum atomic E-state index is 9.26. The number of hydrogen-bond acceptors (Lipinski definition) is 5. The number of nitrogens with one attached hydrogen (secondary N) is 2. The van der Waals surface area contributed by atoms with Gasteiger partial charge in [0.1, 0.15) is 11.9 Å². The molecule has 1 aliphatic rings. The zero-order valence-electron chi connectivity index (χ0n) is 14.5. The summed E-state index contributed by atoms with van der Waals surface area (Å²) in [5, 5.41) is 13.8. The highest BCUT2D eigenvalue weighted by molar-refractivity contribution is 14.1. The highest BCUT2D eigenvalue weighted by atomic mass is 127. The van der Waals surface area contributed by atoms with Gasteiger partial charge in [-0.15, -0.1) is 0 Å². The number of para-hydroxylation sites is 1. The topological polar surface area (TPSA) is 80.6 Å². The first-order valence-corrected chi connectivity index (χ1v) is 9.63. The number of aromatic nitrogens is 3. The van der Waals surface area contributed by atoms with Gasteiger partial charge in [-0.05, 0) is 25.8 Å².